The maximum atomic E-state index is 11.8. The molecule has 0 saturated heterocycles. The standard InChI is InChI=1S/C15H21ClO3/c1-15(2,3)13-7-11(10-19-5-4-17)6-12(8-13)14(18)9-16/h6-8,17H,4-5,9-10H2,1-3H3. The molecular weight excluding hydrogens is 264 g/mol. The lowest BCUT2D eigenvalue weighted by Crippen LogP contribution is -2.14. The summed E-state index contributed by atoms with van der Waals surface area (Å²) in [5.41, 5.74) is 2.57. The first-order chi connectivity index (χ1) is 8.88. The normalized spacial score (nSPS) is 11.6. The van der Waals surface area contributed by atoms with Gasteiger partial charge in [-0.05, 0) is 28.7 Å². The Kier molecular flexibility index (Phi) is 5.98. The van der Waals surface area contributed by atoms with Crippen molar-refractivity contribution in [2.45, 2.75) is 32.8 Å². The number of aliphatic hydroxyl groups excluding tert-OH is 1. The Labute approximate surface area is 119 Å². The van der Waals surface area contributed by atoms with Crippen molar-refractivity contribution in [2.75, 3.05) is 19.1 Å². The molecule has 0 heterocycles. The van der Waals surface area contributed by atoms with Gasteiger partial charge in [-0.15, -0.1) is 11.6 Å². The number of hydrogen-bond donors (Lipinski definition) is 1. The number of hydrogen-bond acceptors (Lipinski definition) is 3. The maximum absolute atomic E-state index is 11.8. The van der Waals surface area contributed by atoms with Gasteiger partial charge in [-0.1, -0.05) is 26.8 Å². The highest BCUT2D eigenvalue weighted by molar-refractivity contribution is 6.30. The quantitative estimate of drug-likeness (QED) is 0.496. The minimum absolute atomic E-state index is 0.00751. The smallest absolute Gasteiger partial charge is 0.177 e. The summed E-state index contributed by atoms with van der Waals surface area (Å²) < 4.78 is 5.31. The van der Waals surface area contributed by atoms with Gasteiger partial charge in [-0.2, -0.15) is 0 Å². The summed E-state index contributed by atoms with van der Waals surface area (Å²) in [7, 11) is 0. The number of halogens is 1. The predicted octanol–water partition coefficient (Wildman–Crippen LogP) is 2.91. The lowest BCUT2D eigenvalue weighted by Gasteiger charge is -2.21. The second kappa shape index (κ2) is 7.04. The Morgan fingerprint density at radius 2 is 2.00 bits per heavy atom. The number of aliphatic hydroxyl groups is 1. The van der Waals surface area contributed by atoms with E-state index in [1.807, 2.05) is 12.1 Å². The van der Waals surface area contributed by atoms with Crippen molar-refractivity contribution in [1.29, 1.82) is 0 Å². The molecule has 0 aromatic heterocycles. The molecule has 0 aliphatic heterocycles. The summed E-state index contributed by atoms with van der Waals surface area (Å²) in [6.07, 6.45) is 0. The van der Waals surface area contributed by atoms with Crippen LogP contribution in [0.1, 0.15) is 42.3 Å². The van der Waals surface area contributed by atoms with E-state index in [1.165, 1.54) is 0 Å². The monoisotopic (exact) mass is 284 g/mol. The van der Waals surface area contributed by atoms with Crippen molar-refractivity contribution in [1.82, 2.24) is 0 Å². The van der Waals surface area contributed by atoms with E-state index in [0.29, 0.717) is 18.8 Å². The van der Waals surface area contributed by atoms with Gasteiger partial charge in [0.2, 0.25) is 0 Å². The highest BCUT2D eigenvalue weighted by Crippen LogP contribution is 2.25. The van der Waals surface area contributed by atoms with Crippen LogP contribution in [-0.2, 0) is 16.8 Å². The number of benzene rings is 1. The highest BCUT2D eigenvalue weighted by atomic mass is 35.5. The fraction of sp³-hybridized carbons (Fsp3) is 0.533. The zero-order valence-electron chi connectivity index (χ0n) is 11.7. The van der Waals surface area contributed by atoms with Gasteiger partial charge in [-0.25, -0.2) is 0 Å². The summed E-state index contributed by atoms with van der Waals surface area (Å²) in [5, 5.41) is 8.71. The Bertz CT molecular complexity index is 436. The number of alkyl halides is 1. The van der Waals surface area contributed by atoms with Crippen molar-refractivity contribution in [3.63, 3.8) is 0 Å². The van der Waals surface area contributed by atoms with Crippen LogP contribution in [0.25, 0.3) is 0 Å². The van der Waals surface area contributed by atoms with E-state index < -0.39 is 0 Å². The predicted molar refractivity (Wildman–Crippen MR) is 76.9 cm³/mol. The average Bonchev–Trinajstić information content (AvgIpc) is 2.36. The number of carbonyl (C=O) groups is 1. The Hall–Kier alpha value is -0.900. The van der Waals surface area contributed by atoms with Crippen LogP contribution in [0, 0.1) is 0 Å². The molecule has 0 aliphatic rings. The zero-order chi connectivity index (χ0) is 14.5. The van der Waals surface area contributed by atoms with Gasteiger partial charge in [-0.3, -0.25) is 4.79 Å². The second-order valence-corrected chi connectivity index (χ2v) is 5.77. The number of ketones is 1. The molecule has 0 fully saturated rings. The largest absolute Gasteiger partial charge is 0.394 e. The van der Waals surface area contributed by atoms with E-state index in [0.717, 1.165) is 11.1 Å². The molecule has 3 nitrogen and oxygen atoms in total. The van der Waals surface area contributed by atoms with Gasteiger partial charge in [0.15, 0.2) is 5.78 Å². The van der Waals surface area contributed by atoms with Crippen molar-refractivity contribution < 1.29 is 14.6 Å². The molecule has 0 atom stereocenters. The summed E-state index contributed by atoms with van der Waals surface area (Å²) >= 11 is 5.62. The molecule has 0 unspecified atom stereocenters. The maximum Gasteiger partial charge on any atom is 0.177 e. The molecule has 19 heavy (non-hydrogen) atoms. The van der Waals surface area contributed by atoms with Crippen molar-refractivity contribution in [3.05, 3.63) is 34.9 Å². The lowest BCUT2D eigenvalue weighted by atomic mass is 9.84. The first-order valence-corrected chi connectivity index (χ1v) is 6.84. The first kappa shape index (κ1) is 16.2. The lowest BCUT2D eigenvalue weighted by molar-refractivity contribution is 0.0814. The van der Waals surface area contributed by atoms with E-state index in [1.54, 1.807) is 6.07 Å². The summed E-state index contributed by atoms with van der Waals surface area (Å²) in [6, 6.07) is 5.72. The number of Topliss-reactive ketones (excluding diaryl/α,β-unsaturated/α-hetero) is 1. The molecule has 106 valence electrons. The number of carbonyl (C=O) groups excluding carboxylic acids is 1. The molecule has 0 saturated carbocycles. The van der Waals surface area contributed by atoms with Gasteiger partial charge in [0, 0.05) is 5.56 Å². The Balaban J connectivity index is 3.06. The summed E-state index contributed by atoms with van der Waals surface area (Å²) in [6.45, 7) is 6.94. The summed E-state index contributed by atoms with van der Waals surface area (Å²) in [4.78, 5) is 11.8. The van der Waals surface area contributed by atoms with Gasteiger partial charge in [0.25, 0.3) is 0 Å². The molecule has 1 aromatic rings. The molecule has 1 rings (SSSR count). The van der Waals surface area contributed by atoms with E-state index in [2.05, 4.69) is 20.8 Å². The third kappa shape index (κ3) is 4.94. The fourth-order valence-electron chi connectivity index (χ4n) is 1.70. The van der Waals surface area contributed by atoms with E-state index in [-0.39, 0.29) is 23.7 Å². The van der Waals surface area contributed by atoms with Crippen LogP contribution >= 0.6 is 11.6 Å². The third-order valence-electron chi connectivity index (χ3n) is 2.81. The molecular formula is C15H21ClO3. The van der Waals surface area contributed by atoms with Crippen LogP contribution in [0.4, 0.5) is 0 Å². The van der Waals surface area contributed by atoms with Crippen LogP contribution in [0.15, 0.2) is 18.2 Å². The van der Waals surface area contributed by atoms with E-state index in [4.69, 9.17) is 21.4 Å². The van der Waals surface area contributed by atoms with Crippen LogP contribution < -0.4 is 0 Å². The number of ether oxygens (including phenoxy) is 1. The third-order valence-corrected chi connectivity index (χ3v) is 3.05. The van der Waals surface area contributed by atoms with Crippen molar-refractivity contribution in [3.8, 4) is 0 Å². The van der Waals surface area contributed by atoms with Crippen LogP contribution in [0.2, 0.25) is 0 Å². The van der Waals surface area contributed by atoms with Crippen molar-refractivity contribution >= 4 is 17.4 Å². The van der Waals surface area contributed by atoms with Crippen molar-refractivity contribution in [2.24, 2.45) is 0 Å². The fourth-order valence-corrected chi connectivity index (χ4v) is 1.86. The van der Waals surface area contributed by atoms with Gasteiger partial charge in [0.05, 0.1) is 25.7 Å². The number of rotatable bonds is 6. The molecule has 4 heteroatoms. The Morgan fingerprint density at radius 1 is 1.32 bits per heavy atom. The molecule has 0 aliphatic carbocycles. The van der Waals surface area contributed by atoms with Gasteiger partial charge < -0.3 is 9.84 Å². The van der Waals surface area contributed by atoms with E-state index >= 15 is 0 Å². The average molecular weight is 285 g/mol. The molecule has 1 aromatic carbocycles. The molecule has 0 spiro atoms. The van der Waals surface area contributed by atoms with E-state index in [9.17, 15) is 4.79 Å². The first-order valence-electron chi connectivity index (χ1n) is 6.30. The molecule has 0 radical (unpaired) electrons. The molecule has 1 N–H and O–H groups in total. The van der Waals surface area contributed by atoms with Crippen LogP contribution in [0.5, 0.6) is 0 Å². The van der Waals surface area contributed by atoms with Gasteiger partial charge >= 0.3 is 0 Å². The zero-order valence-corrected chi connectivity index (χ0v) is 12.5. The van der Waals surface area contributed by atoms with Crippen LogP contribution in [-0.4, -0.2) is 30.0 Å². The second-order valence-electron chi connectivity index (χ2n) is 5.50. The Morgan fingerprint density at radius 3 is 2.53 bits per heavy atom. The highest BCUT2D eigenvalue weighted by Gasteiger charge is 2.17. The minimum atomic E-state index is -0.0869. The molecule has 0 bridgehead atoms. The van der Waals surface area contributed by atoms with Gasteiger partial charge in [0.1, 0.15) is 0 Å². The summed E-state index contributed by atoms with van der Waals surface area (Å²) in [5.74, 6) is -0.110. The topological polar surface area (TPSA) is 46.5 Å². The van der Waals surface area contributed by atoms with Crippen LogP contribution in [0.3, 0.4) is 0 Å². The molecule has 0 amide bonds. The SMILES string of the molecule is CC(C)(C)c1cc(COCCO)cc(C(=O)CCl)c1. The minimum Gasteiger partial charge on any atom is -0.394 e.